The number of hydrogen-bond acceptors (Lipinski definition) is 5. The molecular formula is C23H29N3O5S. The number of sulfonamides is 1. The summed E-state index contributed by atoms with van der Waals surface area (Å²) in [4.78, 5) is 24.0. The highest BCUT2D eigenvalue weighted by atomic mass is 32.2. The zero-order chi connectivity index (χ0) is 23.0. The van der Waals surface area contributed by atoms with Crippen molar-refractivity contribution in [3.8, 4) is 5.75 Å². The molecule has 0 radical (unpaired) electrons. The molecule has 0 spiro atoms. The summed E-state index contributed by atoms with van der Waals surface area (Å²) in [7, 11) is -3.51. The van der Waals surface area contributed by atoms with Gasteiger partial charge in [0.25, 0.3) is 5.91 Å². The molecule has 0 heterocycles. The molecule has 0 saturated heterocycles. The van der Waals surface area contributed by atoms with Gasteiger partial charge >= 0.3 is 0 Å². The number of amides is 2. The zero-order valence-corrected chi connectivity index (χ0v) is 18.9. The Morgan fingerprint density at radius 3 is 2.31 bits per heavy atom. The summed E-state index contributed by atoms with van der Waals surface area (Å²) < 4.78 is 32.1. The molecular weight excluding hydrogens is 430 g/mol. The first-order chi connectivity index (χ1) is 15.4. The fraction of sp³-hybridized carbons (Fsp3) is 0.391. The predicted molar refractivity (Wildman–Crippen MR) is 123 cm³/mol. The number of anilines is 1. The topological polar surface area (TPSA) is 114 Å². The van der Waals surface area contributed by atoms with Gasteiger partial charge in [-0.2, -0.15) is 0 Å². The standard InChI is InChI=1S/C23H29N3O5S/c1-2-17-3-11-21(12-4-17)31-15-16-32(29,30)25-14-13-24-22(27)18-7-9-20(10-8-18)26-23(28)19-5-6-19/h3-4,7-12,19,25H,2,5-6,13-16H2,1H3,(H,24,27)(H,26,28). The van der Waals surface area contributed by atoms with Gasteiger partial charge in [0.15, 0.2) is 0 Å². The Kier molecular flexibility index (Phi) is 8.24. The first kappa shape index (κ1) is 23.7. The lowest BCUT2D eigenvalue weighted by Crippen LogP contribution is -2.36. The fourth-order valence-corrected chi connectivity index (χ4v) is 3.80. The smallest absolute Gasteiger partial charge is 0.251 e. The fourth-order valence-electron chi connectivity index (χ4n) is 2.94. The number of ether oxygens (including phenoxy) is 1. The van der Waals surface area contributed by atoms with Crippen molar-refractivity contribution in [3.63, 3.8) is 0 Å². The first-order valence-corrected chi connectivity index (χ1v) is 12.4. The minimum absolute atomic E-state index is 0.00860. The summed E-state index contributed by atoms with van der Waals surface area (Å²) in [5.74, 6) is 0.255. The minimum Gasteiger partial charge on any atom is -0.492 e. The average Bonchev–Trinajstić information content (AvgIpc) is 3.63. The Morgan fingerprint density at radius 2 is 1.69 bits per heavy atom. The van der Waals surface area contributed by atoms with Gasteiger partial charge in [0.2, 0.25) is 15.9 Å². The molecule has 0 aliphatic heterocycles. The predicted octanol–water partition coefficient (Wildman–Crippen LogP) is 2.33. The van der Waals surface area contributed by atoms with Crippen LogP contribution in [-0.4, -0.2) is 45.7 Å². The normalized spacial score (nSPS) is 13.4. The van der Waals surface area contributed by atoms with E-state index in [0.717, 1.165) is 19.3 Å². The third kappa shape index (κ3) is 7.65. The summed E-state index contributed by atoms with van der Waals surface area (Å²) in [5, 5.41) is 5.48. The lowest BCUT2D eigenvalue weighted by Gasteiger charge is -2.10. The van der Waals surface area contributed by atoms with Crippen molar-refractivity contribution in [2.45, 2.75) is 26.2 Å². The lowest BCUT2D eigenvalue weighted by molar-refractivity contribution is -0.117. The number of nitrogens with one attached hydrogen (secondary N) is 3. The number of hydrogen-bond donors (Lipinski definition) is 3. The highest BCUT2D eigenvalue weighted by Crippen LogP contribution is 2.30. The van der Waals surface area contributed by atoms with E-state index in [-0.39, 0.29) is 43.2 Å². The average molecular weight is 460 g/mol. The molecule has 3 N–H and O–H groups in total. The molecule has 0 bridgehead atoms. The van der Waals surface area contributed by atoms with Crippen LogP contribution in [0.1, 0.15) is 35.7 Å². The van der Waals surface area contributed by atoms with E-state index in [4.69, 9.17) is 4.74 Å². The Hall–Kier alpha value is -2.91. The van der Waals surface area contributed by atoms with E-state index < -0.39 is 10.0 Å². The summed E-state index contributed by atoms with van der Waals surface area (Å²) >= 11 is 0. The van der Waals surface area contributed by atoms with Crippen LogP contribution in [-0.2, 0) is 21.2 Å². The van der Waals surface area contributed by atoms with Crippen LogP contribution >= 0.6 is 0 Å². The monoisotopic (exact) mass is 459 g/mol. The maximum atomic E-state index is 12.2. The van der Waals surface area contributed by atoms with Crippen LogP contribution in [0.3, 0.4) is 0 Å². The number of carbonyl (C=O) groups is 2. The highest BCUT2D eigenvalue weighted by molar-refractivity contribution is 7.89. The van der Waals surface area contributed by atoms with Crippen molar-refractivity contribution in [2.75, 3.05) is 30.8 Å². The van der Waals surface area contributed by atoms with E-state index in [1.165, 1.54) is 5.56 Å². The van der Waals surface area contributed by atoms with E-state index in [0.29, 0.717) is 17.0 Å². The molecule has 9 heteroatoms. The van der Waals surface area contributed by atoms with Gasteiger partial charge in [0.05, 0.1) is 5.75 Å². The lowest BCUT2D eigenvalue weighted by atomic mass is 10.2. The quantitative estimate of drug-likeness (QED) is 0.422. The van der Waals surface area contributed by atoms with Gasteiger partial charge in [-0.05, 0) is 61.2 Å². The van der Waals surface area contributed by atoms with Crippen molar-refractivity contribution in [1.82, 2.24) is 10.0 Å². The second-order valence-electron chi connectivity index (χ2n) is 7.66. The summed E-state index contributed by atoms with van der Waals surface area (Å²) in [5.41, 5.74) is 2.26. The van der Waals surface area contributed by atoms with Gasteiger partial charge in [-0.15, -0.1) is 0 Å². The minimum atomic E-state index is -3.51. The molecule has 172 valence electrons. The molecule has 2 aromatic rings. The Labute approximate surface area is 188 Å². The van der Waals surface area contributed by atoms with Crippen molar-refractivity contribution in [1.29, 1.82) is 0 Å². The number of carbonyl (C=O) groups excluding carboxylic acids is 2. The Balaban J connectivity index is 1.33. The van der Waals surface area contributed by atoms with Crippen LogP contribution in [0.4, 0.5) is 5.69 Å². The van der Waals surface area contributed by atoms with Gasteiger partial charge < -0.3 is 15.4 Å². The Bertz CT molecular complexity index is 1020. The van der Waals surface area contributed by atoms with Gasteiger partial charge in [0.1, 0.15) is 12.4 Å². The molecule has 3 rings (SSSR count). The molecule has 0 aromatic heterocycles. The molecule has 2 aromatic carbocycles. The second-order valence-corrected chi connectivity index (χ2v) is 9.58. The van der Waals surface area contributed by atoms with E-state index in [2.05, 4.69) is 22.3 Å². The molecule has 1 fully saturated rings. The van der Waals surface area contributed by atoms with E-state index in [9.17, 15) is 18.0 Å². The Morgan fingerprint density at radius 1 is 1.00 bits per heavy atom. The van der Waals surface area contributed by atoms with E-state index in [1.807, 2.05) is 24.3 Å². The third-order valence-electron chi connectivity index (χ3n) is 5.05. The molecule has 8 nitrogen and oxygen atoms in total. The van der Waals surface area contributed by atoms with Crippen LogP contribution in [0.2, 0.25) is 0 Å². The van der Waals surface area contributed by atoms with Crippen LogP contribution in [0.5, 0.6) is 5.75 Å². The first-order valence-electron chi connectivity index (χ1n) is 10.7. The van der Waals surface area contributed by atoms with Gasteiger partial charge in [-0.25, -0.2) is 13.1 Å². The zero-order valence-electron chi connectivity index (χ0n) is 18.1. The van der Waals surface area contributed by atoms with Gasteiger partial charge in [-0.1, -0.05) is 19.1 Å². The molecule has 1 saturated carbocycles. The van der Waals surface area contributed by atoms with Crippen molar-refractivity contribution in [3.05, 3.63) is 59.7 Å². The van der Waals surface area contributed by atoms with E-state index >= 15 is 0 Å². The van der Waals surface area contributed by atoms with Gasteiger partial charge in [0, 0.05) is 30.3 Å². The van der Waals surface area contributed by atoms with Crippen LogP contribution in [0.25, 0.3) is 0 Å². The van der Waals surface area contributed by atoms with Crippen LogP contribution in [0.15, 0.2) is 48.5 Å². The summed E-state index contributed by atoms with van der Waals surface area (Å²) in [6.07, 6.45) is 2.78. The molecule has 0 unspecified atom stereocenters. The maximum Gasteiger partial charge on any atom is 0.251 e. The number of benzene rings is 2. The molecule has 2 amide bonds. The number of rotatable bonds is 12. The highest BCUT2D eigenvalue weighted by Gasteiger charge is 2.29. The maximum absolute atomic E-state index is 12.2. The summed E-state index contributed by atoms with van der Waals surface area (Å²) in [6, 6.07) is 14.1. The second kappa shape index (κ2) is 11.1. The third-order valence-corrected chi connectivity index (χ3v) is 6.40. The van der Waals surface area contributed by atoms with Crippen molar-refractivity contribution < 1.29 is 22.7 Å². The van der Waals surface area contributed by atoms with Crippen molar-refractivity contribution >= 4 is 27.5 Å². The van der Waals surface area contributed by atoms with Gasteiger partial charge in [-0.3, -0.25) is 9.59 Å². The SMILES string of the molecule is CCc1ccc(OCCS(=O)(=O)NCCNC(=O)c2ccc(NC(=O)C3CC3)cc2)cc1. The number of aryl methyl sites for hydroxylation is 1. The largest absolute Gasteiger partial charge is 0.492 e. The summed E-state index contributed by atoms with van der Waals surface area (Å²) in [6.45, 7) is 2.33. The molecule has 1 aliphatic rings. The molecule has 32 heavy (non-hydrogen) atoms. The van der Waals surface area contributed by atoms with Crippen LogP contribution in [0, 0.1) is 5.92 Å². The molecule has 0 atom stereocenters. The molecule has 1 aliphatic carbocycles. The van der Waals surface area contributed by atoms with Crippen LogP contribution < -0.4 is 20.1 Å². The van der Waals surface area contributed by atoms with E-state index in [1.54, 1.807) is 24.3 Å². The van der Waals surface area contributed by atoms with Crippen molar-refractivity contribution in [2.24, 2.45) is 5.92 Å².